The number of anilines is 1. The Kier molecular flexibility index (Phi) is 10.8. The van der Waals surface area contributed by atoms with E-state index in [0.717, 1.165) is 49.4 Å². The van der Waals surface area contributed by atoms with E-state index in [1.807, 2.05) is 18.2 Å². The minimum atomic E-state index is 0. The molecule has 2 heterocycles. The number of methoxy groups -OCH3 is 2. The molecule has 2 aromatic rings. The zero-order valence-electron chi connectivity index (χ0n) is 18.8. The Balaban J connectivity index is 0.00000341. The molecule has 3 rings (SSSR count). The van der Waals surface area contributed by atoms with Gasteiger partial charge in [-0.2, -0.15) is 0 Å². The van der Waals surface area contributed by atoms with E-state index in [2.05, 4.69) is 39.7 Å². The van der Waals surface area contributed by atoms with Crippen LogP contribution in [0, 0.1) is 12.8 Å². The monoisotopic (exact) mass is 559 g/mol. The first kappa shape index (κ1) is 25.7. The molecule has 0 aliphatic carbocycles. The predicted octanol–water partition coefficient (Wildman–Crippen LogP) is 4.38. The number of likely N-dealkylation sites (tertiary alicyclic amines) is 1. The van der Waals surface area contributed by atoms with Gasteiger partial charge in [0.2, 0.25) is 0 Å². The third kappa shape index (κ3) is 7.80. The molecule has 0 bridgehead atoms. The molecule has 1 saturated heterocycles. The van der Waals surface area contributed by atoms with Gasteiger partial charge in [0.1, 0.15) is 0 Å². The zero-order valence-corrected chi connectivity index (χ0v) is 22.0. The second-order valence-electron chi connectivity index (χ2n) is 7.49. The van der Waals surface area contributed by atoms with Crippen molar-refractivity contribution in [2.24, 2.45) is 10.9 Å². The number of aryl methyl sites for hydroxylation is 1. The lowest BCUT2D eigenvalue weighted by Gasteiger charge is -2.30. The number of hydrogen-bond donors (Lipinski definition) is 2. The molecule has 2 N–H and O–H groups in total. The van der Waals surface area contributed by atoms with Crippen molar-refractivity contribution in [3.05, 3.63) is 34.3 Å². The van der Waals surface area contributed by atoms with Gasteiger partial charge in [-0.25, -0.2) is 4.98 Å². The summed E-state index contributed by atoms with van der Waals surface area (Å²) >= 11 is 1.73. The summed E-state index contributed by atoms with van der Waals surface area (Å²) in [6.45, 7) is 8.95. The Labute approximate surface area is 206 Å². The van der Waals surface area contributed by atoms with Crippen LogP contribution in [-0.2, 0) is 6.54 Å². The summed E-state index contributed by atoms with van der Waals surface area (Å²) in [7, 11) is 3.28. The Hall–Kier alpha value is -1.59. The number of nitrogens with one attached hydrogen (secondary N) is 2. The van der Waals surface area contributed by atoms with Crippen molar-refractivity contribution in [2.75, 3.05) is 45.7 Å². The van der Waals surface area contributed by atoms with E-state index in [1.54, 1.807) is 25.6 Å². The molecule has 31 heavy (non-hydrogen) atoms. The van der Waals surface area contributed by atoms with E-state index in [1.165, 1.54) is 18.5 Å². The van der Waals surface area contributed by atoms with E-state index in [-0.39, 0.29) is 24.0 Å². The molecule has 1 aliphatic heterocycles. The minimum Gasteiger partial charge on any atom is -0.493 e. The van der Waals surface area contributed by atoms with Gasteiger partial charge in [0.05, 0.1) is 24.9 Å². The zero-order chi connectivity index (χ0) is 21.3. The number of aromatic nitrogens is 1. The number of thiazole rings is 1. The highest BCUT2D eigenvalue weighted by Crippen LogP contribution is 2.29. The highest BCUT2D eigenvalue weighted by Gasteiger charge is 2.20. The lowest BCUT2D eigenvalue weighted by atomic mass is 9.97. The van der Waals surface area contributed by atoms with Crippen LogP contribution in [0.5, 0.6) is 11.5 Å². The summed E-state index contributed by atoms with van der Waals surface area (Å²) in [6, 6.07) is 5.78. The first-order valence-corrected chi connectivity index (χ1v) is 11.4. The van der Waals surface area contributed by atoms with Gasteiger partial charge in [-0.05, 0) is 57.8 Å². The molecule has 1 aliphatic rings. The van der Waals surface area contributed by atoms with Gasteiger partial charge in [0.15, 0.2) is 17.5 Å². The van der Waals surface area contributed by atoms with Crippen LogP contribution < -0.4 is 20.1 Å². The van der Waals surface area contributed by atoms with Crippen LogP contribution in [0.1, 0.15) is 30.5 Å². The van der Waals surface area contributed by atoms with Gasteiger partial charge in [0, 0.05) is 36.8 Å². The molecule has 172 valence electrons. The number of hydrogen-bond acceptors (Lipinski definition) is 6. The van der Waals surface area contributed by atoms with Crippen LogP contribution >= 0.6 is 35.3 Å². The fourth-order valence-corrected chi connectivity index (χ4v) is 4.22. The van der Waals surface area contributed by atoms with E-state index in [4.69, 9.17) is 14.5 Å². The number of aliphatic imine (C=N–C) groups is 1. The summed E-state index contributed by atoms with van der Waals surface area (Å²) in [5, 5.41) is 10.0. The van der Waals surface area contributed by atoms with Crippen LogP contribution in [0.15, 0.2) is 28.6 Å². The predicted molar refractivity (Wildman–Crippen MR) is 139 cm³/mol. The average molecular weight is 560 g/mol. The first-order chi connectivity index (χ1) is 14.6. The molecule has 1 fully saturated rings. The van der Waals surface area contributed by atoms with E-state index >= 15 is 0 Å². The molecule has 9 heteroatoms. The van der Waals surface area contributed by atoms with E-state index in [0.29, 0.717) is 17.4 Å². The van der Waals surface area contributed by atoms with Crippen molar-refractivity contribution in [2.45, 2.75) is 33.2 Å². The van der Waals surface area contributed by atoms with Crippen LogP contribution in [-0.4, -0.2) is 56.2 Å². The quantitative estimate of drug-likeness (QED) is 0.284. The number of benzene rings is 1. The summed E-state index contributed by atoms with van der Waals surface area (Å²) < 4.78 is 10.7. The third-order valence-corrected chi connectivity index (χ3v) is 6.08. The van der Waals surface area contributed by atoms with Gasteiger partial charge in [-0.1, -0.05) is 0 Å². The number of guanidine groups is 1. The fraction of sp³-hybridized carbons (Fsp3) is 0.545. The van der Waals surface area contributed by atoms with E-state index < -0.39 is 0 Å². The third-order valence-electron chi connectivity index (χ3n) is 5.26. The molecule has 0 saturated carbocycles. The summed E-state index contributed by atoms with van der Waals surface area (Å²) in [4.78, 5) is 11.9. The molecule has 1 aromatic heterocycles. The molecular weight excluding hydrogens is 525 g/mol. The molecule has 0 atom stereocenters. The molecule has 0 amide bonds. The Morgan fingerprint density at radius 3 is 2.58 bits per heavy atom. The Morgan fingerprint density at radius 2 is 1.97 bits per heavy atom. The maximum atomic E-state index is 5.39. The summed E-state index contributed by atoms with van der Waals surface area (Å²) in [5.41, 5.74) is 2.11. The second kappa shape index (κ2) is 13.1. The smallest absolute Gasteiger partial charge is 0.195 e. The molecule has 0 spiro atoms. The number of rotatable bonds is 8. The Morgan fingerprint density at radius 1 is 1.23 bits per heavy atom. The topological polar surface area (TPSA) is 71.0 Å². The van der Waals surface area contributed by atoms with Crippen LogP contribution in [0.4, 0.5) is 5.69 Å². The molecule has 1 aromatic carbocycles. The highest BCUT2D eigenvalue weighted by molar-refractivity contribution is 14.0. The first-order valence-electron chi connectivity index (χ1n) is 10.5. The fourth-order valence-electron chi connectivity index (χ4n) is 3.62. The largest absolute Gasteiger partial charge is 0.493 e. The van der Waals surface area contributed by atoms with Crippen molar-refractivity contribution >= 4 is 47.0 Å². The van der Waals surface area contributed by atoms with Gasteiger partial charge in [0.25, 0.3) is 0 Å². The Bertz CT molecular complexity index is 837. The van der Waals surface area contributed by atoms with Gasteiger partial charge < -0.3 is 20.1 Å². The molecule has 7 nitrogen and oxygen atoms in total. The maximum Gasteiger partial charge on any atom is 0.195 e. The lowest BCUT2D eigenvalue weighted by Crippen LogP contribution is -2.35. The number of ether oxygens (including phenoxy) is 2. The van der Waals surface area contributed by atoms with Crippen molar-refractivity contribution < 1.29 is 9.47 Å². The minimum absolute atomic E-state index is 0. The summed E-state index contributed by atoms with van der Waals surface area (Å²) in [6.07, 6.45) is 2.34. The standard InChI is InChI=1S/C22H33N5O2S.HI/c1-5-23-22(26-18-6-7-20(28-3)21(12-18)29-4)24-13-17-8-10-27(11-9-17)14-19-15-30-16(2)25-19;/h6-7,12,15,17H,5,8-11,13-14H2,1-4H3,(H2,23,24,26);1H. The van der Waals surface area contributed by atoms with Crippen LogP contribution in [0.2, 0.25) is 0 Å². The van der Waals surface area contributed by atoms with Crippen LogP contribution in [0.25, 0.3) is 0 Å². The average Bonchev–Trinajstić information content (AvgIpc) is 3.17. The maximum absolute atomic E-state index is 5.39. The SMILES string of the molecule is CCNC(=NCC1CCN(Cc2csc(C)n2)CC1)Nc1ccc(OC)c(OC)c1.I. The highest BCUT2D eigenvalue weighted by atomic mass is 127. The summed E-state index contributed by atoms with van der Waals surface area (Å²) in [5.74, 6) is 2.81. The van der Waals surface area contributed by atoms with E-state index in [9.17, 15) is 0 Å². The van der Waals surface area contributed by atoms with Gasteiger partial charge in [-0.15, -0.1) is 35.3 Å². The van der Waals surface area contributed by atoms with Crippen molar-refractivity contribution in [1.29, 1.82) is 0 Å². The second-order valence-corrected chi connectivity index (χ2v) is 8.55. The van der Waals surface area contributed by atoms with Gasteiger partial charge in [-0.3, -0.25) is 9.89 Å². The van der Waals surface area contributed by atoms with Crippen molar-refractivity contribution in [1.82, 2.24) is 15.2 Å². The van der Waals surface area contributed by atoms with Crippen molar-refractivity contribution in [3.63, 3.8) is 0 Å². The number of nitrogens with zero attached hydrogens (tertiary/aromatic N) is 3. The van der Waals surface area contributed by atoms with Crippen molar-refractivity contribution in [3.8, 4) is 11.5 Å². The number of halogens is 1. The van der Waals surface area contributed by atoms with Gasteiger partial charge >= 0.3 is 0 Å². The van der Waals surface area contributed by atoms with Crippen LogP contribution in [0.3, 0.4) is 0 Å². The molecule has 0 unspecified atom stereocenters. The normalized spacial score (nSPS) is 15.3. The molecular formula is C22H34IN5O2S. The lowest BCUT2D eigenvalue weighted by molar-refractivity contribution is 0.179. The number of piperidine rings is 1. The molecule has 0 radical (unpaired) electrons.